The molecular formula is C15H22Cl2N4O. The Morgan fingerprint density at radius 2 is 2.09 bits per heavy atom. The van der Waals surface area contributed by atoms with Crippen LogP contribution in [-0.2, 0) is 0 Å². The van der Waals surface area contributed by atoms with E-state index in [2.05, 4.69) is 10.3 Å². The highest BCUT2D eigenvalue weighted by Crippen LogP contribution is 2.23. The van der Waals surface area contributed by atoms with E-state index in [0.717, 1.165) is 18.5 Å². The molecule has 22 heavy (non-hydrogen) atoms. The second-order valence-electron chi connectivity index (χ2n) is 5.47. The number of aromatic nitrogens is 2. The Bertz CT molecular complexity index is 616. The van der Waals surface area contributed by atoms with Gasteiger partial charge in [0.2, 0.25) is 0 Å². The fourth-order valence-electron chi connectivity index (χ4n) is 2.99. The summed E-state index contributed by atoms with van der Waals surface area (Å²) in [6.45, 7) is 0.644. The number of pyridine rings is 1. The highest BCUT2D eigenvalue weighted by atomic mass is 35.5. The second kappa shape index (κ2) is 8.36. The van der Waals surface area contributed by atoms with Crippen molar-refractivity contribution in [2.75, 3.05) is 6.54 Å². The number of halogens is 2. The smallest absolute Gasteiger partial charge is 0.253 e. The molecule has 2 atom stereocenters. The number of hydrogen-bond donors (Lipinski definition) is 2. The van der Waals surface area contributed by atoms with E-state index in [4.69, 9.17) is 5.73 Å². The van der Waals surface area contributed by atoms with Crippen LogP contribution in [0.15, 0.2) is 30.7 Å². The van der Waals surface area contributed by atoms with Crippen molar-refractivity contribution >= 4 is 36.4 Å². The summed E-state index contributed by atoms with van der Waals surface area (Å²) in [5, 5.41) is 3.14. The number of hydrogen-bond acceptors (Lipinski definition) is 3. The van der Waals surface area contributed by atoms with Gasteiger partial charge in [-0.1, -0.05) is 12.8 Å². The third kappa shape index (κ3) is 3.91. The minimum absolute atomic E-state index is 0. The Hall–Kier alpha value is -1.30. The summed E-state index contributed by atoms with van der Waals surface area (Å²) >= 11 is 0. The van der Waals surface area contributed by atoms with Gasteiger partial charge in [0.1, 0.15) is 5.65 Å². The van der Waals surface area contributed by atoms with Crippen LogP contribution in [0.25, 0.3) is 5.65 Å². The molecule has 0 aliphatic heterocycles. The van der Waals surface area contributed by atoms with E-state index >= 15 is 0 Å². The summed E-state index contributed by atoms with van der Waals surface area (Å²) in [5.74, 6) is 0.385. The van der Waals surface area contributed by atoms with Crippen LogP contribution in [0.1, 0.15) is 36.0 Å². The first-order valence-electron chi connectivity index (χ1n) is 7.21. The number of fused-ring (bicyclic) bond motifs is 1. The van der Waals surface area contributed by atoms with Crippen LogP contribution >= 0.6 is 24.8 Å². The molecule has 1 amide bonds. The molecule has 1 aliphatic rings. The molecule has 2 aromatic heterocycles. The van der Waals surface area contributed by atoms with E-state index in [9.17, 15) is 4.79 Å². The third-order valence-corrected chi connectivity index (χ3v) is 4.18. The lowest BCUT2D eigenvalue weighted by molar-refractivity contribution is 0.0907. The summed E-state index contributed by atoms with van der Waals surface area (Å²) in [6.07, 6.45) is 9.91. The molecule has 2 aromatic rings. The van der Waals surface area contributed by atoms with Crippen molar-refractivity contribution in [3.05, 3.63) is 36.3 Å². The molecule has 122 valence electrons. The molecule has 0 radical (unpaired) electrons. The number of imidazole rings is 1. The van der Waals surface area contributed by atoms with Gasteiger partial charge >= 0.3 is 0 Å². The topological polar surface area (TPSA) is 72.4 Å². The maximum Gasteiger partial charge on any atom is 0.253 e. The fourth-order valence-corrected chi connectivity index (χ4v) is 2.99. The van der Waals surface area contributed by atoms with Crippen molar-refractivity contribution in [3.63, 3.8) is 0 Å². The van der Waals surface area contributed by atoms with Crippen LogP contribution < -0.4 is 11.1 Å². The van der Waals surface area contributed by atoms with Gasteiger partial charge in [-0.05, 0) is 37.4 Å². The number of rotatable bonds is 3. The highest BCUT2D eigenvalue weighted by molar-refractivity contribution is 5.94. The minimum Gasteiger partial charge on any atom is -0.349 e. The van der Waals surface area contributed by atoms with E-state index in [1.165, 1.54) is 12.8 Å². The largest absolute Gasteiger partial charge is 0.349 e. The van der Waals surface area contributed by atoms with E-state index in [0.29, 0.717) is 18.0 Å². The van der Waals surface area contributed by atoms with Gasteiger partial charge < -0.3 is 15.5 Å². The zero-order valence-corrected chi connectivity index (χ0v) is 13.9. The van der Waals surface area contributed by atoms with Gasteiger partial charge in [0.05, 0.1) is 5.56 Å². The average Bonchev–Trinajstić information content (AvgIpc) is 2.95. The minimum atomic E-state index is -0.0223. The van der Waals surface area contributed by atoms with Gasteiger partial charge in [-0.2, -0.15) is 0 Å². The maximum atomic E-state index is 12.4. The summed E-state index contributed by atoms with van der Waals surface area (Å²) in [6, 6.07) is 3.88. The second-order valence-corrected chi connectivity index (χ2v) is 5.47. The van der Waals surface area contributed by atoms with E-state index in [1.54, 1.807) is 6.20 Å². The fraction of sp³-hybridized carbons (Fsp3) is 0.467. The van der Waals surface area contributed by atoms with E-state index in [-0.39, 0.29) is 36.8 Å². The lowest BCUT2D eigenvalue weighted by Gasteiger charge is -2.31. The van der Waals surface area contributed by atoms with Gasteiger partial charge in [-0.15, -0.1) is 24.8 Å². The van der Waals surface area contributed by atoms with Crippen molar-refractivity contribution in [3.8, 4) is 0 Å². The van der Waals surface area contributed by atoms with Crippen molar-refractivity contribution in [2.45, 2.75) is 31.7 Å². The molecule has 0 aromatic carbocycles. The van der Waals surface area contributed by atoms with Crippen molar-refractivity contribution < 1.29 is 4.79 Å². The first-order chi connectivity index (χ1) is 9.78. The van der Waals surface area contributed by atoms with Gasteiger partial charge in [-0.3, -0.25) is 4.79 Å². The number of nitrogens with one attached hydrogen (secondary N) is 1. The molecule has 0 bridgehead atoms. The monoisotopic (exact) mass is 344 g/mol. The Morgan fingerprint density at radius 1 is 1.32 bits per heavy atom. The summed E-state index contributed by atoms with van der Waals surface area (Å²) in [7, 11) is 0. The van der Waals surface area contributed by atoms with E-state index < -0.39 is 0 Å². The molecule has 5 nitrogen and oxygen atoms in total. The molecule has 2 unspecified atom stereocenters. The molecule has 0 spiro atoms. The number of nitrogens with two attached hydrogens (primary N) is 1. The third-order valence-electron chi connectivity index (χ3n) is 4.18. The molecule has 3 rings (SSSR count). The van der Waals surface area contributed by atoms with E-state index in [1.807, 2.05) is 28.9 Å². The maximum absolute atomic E-state index is 12.4. The SMILES string of the molecule is Cl.Cl.NCC1CCCCC1NC(=O)c1ccc2nccn2c1. The standard InChI is InChI=1S/C15H20N4O.2ClH/c16-9-11-3-1-2-4-13(11)18-15(20)12-5-6-14-17-7-8-19(14)10-12;;/h5-8,10-11,13H,1-4,9,16H2,(H,18,20);2*1H. The van der Waals surface area contributed by atoms with Crippen LogP contribution in [0.2, 0.25) is 0 Å². The Kier molecular flexibility index (Phi) is 7.13. The van der Waals surface area contributed by atoms with Gasteiger partial charge in [0.25, 0.3) is 5.91 Å². The molecule has 7 heteroatoms. The predicted octanol–water partition coefficient (Wildman–Crippen LogP) is 2.43. The molecule has 2 heterocycles. The van der Waals surface area contributed by atoms with Gasteiger partial charge in [0, 0.05) is 24.6 Å². The molecule has 1 fully saturated rings. The normalized spacial score (nSPS) is 20.8. The van der Waals surface area contributed by atoms with Crippen molar-refractivity contribution in [1.82, 2.24) is 14.7 Å². The average molecular weight is 345 g/mol. The molecule has 0 saturated heterocycles. The molecule has 1 aliphatic carbocycles. The Labute approximate surface area is 142 Å². The zero-order chi connectivity index (χ0) is 13.9. The molecular weight excluding hydrogens is 323 g/mol. The number of carbonyl (C=O) groups excluding carboxylic acids is 1. The molecule has 3 N–H and O–H groups in total. The first-order valence-corrected chi connectivity index (χ1v) is 7.21. The number of amides is 1. The van der Waals surface area contributed by atoms with Crippen LogP contribution in [0, 0.1) is 5.92 Å². The predicted molar refractivity (Wildman–Crippen MR) is 92.0 cm³/mol. The van der Waals surface area contributed by atoms with Crippen molar-refractivity contribution in [2.24, 2.45) is 11.7 Å². The van der Waals surface area contributed by atoms with Gasteiger partial charge in [0.15, 0.2) is 0 Å². The highest BCUT2D eigenvalue weighted by Gasteiger charge is 2.25. The summed E-state index contributed by atoms with van der Waals surface area (Å²) in [4.78, 5) is 16.5. The van der Waals surface area contributed by atoms with Crippen molar-refractivity contribution in [1.29, 1.82) is 0 Å². The zero-order valence-electron chi connectivity index (χ0n) is 12.3. The van der Waals surface area contributed by atoms with Gasteiger partial charge in [-0.25, -0.2) is 4.98 Å². The lowest BCUT2D eigenvalue weighted by Crippen LogP contribution is -2.44. The van der Waals surface area contributed by atoms with Crippen LogP contribution in [-0.4, -0.2) is 27.9 Å². The lowest BCUT2D eigenvalue weighted by atomic mass is 9.84. The number of nitrogens with zero attached hydrogens (tertiary/aromatic N) is 2. The molecule has 1 saturated carbocycles. The van der Waals surface area contributed by atoms with Crippen LogP contribution in [0.3, 0.4) is 0 Å². The first kappa shape index (κ1) is 18.7. The van der Waals surface area contributed by atoms with Crippen LogP contribution in [0.5, 0.6) is 0 Å². The number of carbonyl (C=O) groups is 1. The quantitative estimate of drug-likeness (QED) is 0.897. The Morgan fingerprint density at radius 3 is 2.86 bits per heavy atom. The Balaban J connectivity index is 0.00000121. The van der Waals surface area contributed by atoms with Crippen LogP contribution in [0.4, 0.5) is 0 Å². The summed E-state index contributed by atoms with van der Waals surface area (Å²) in [5.41, 5.74) is 7.31. The summed E-state index contributed by atoms with van der Waals surface area (Å²) < 4.78 is 1.86.